The van der Waals surface area contributed by atoms with Crippen molar-refractivity contribution >= 4 is 52.0 Å². The molecule has 34 heavy (non-hydrogen) atoms. The van der Waals surface area contributed by atoms with Crippen LogP contribution in [0.4, 0.5) is 11.4 Å². The maximum atomic E-state index is 12.6. The van der Waals surface area contributed by atoms with E-state index in [1.54, 1.807) is 11.8 Å². The van der Waals surface area contributed by atoms with E-state index < -0.39 is 0 Å². The zero-order chi connectivity index (χ0) is 24.3. The fourth-order valence-electron chi connectivity index (χ4n) is 3.79. The molecule has 0 fully saturated rings. The molecule has 1 aliphatic rings. The maximum Gasteiger partial charge on any atom is 0.239 e. The molecule has 1 heterocycles. The van der Waals surface area contributed by atoms with Crippen LogP contribution in [0, 0.1) is 0 Å². The van der Waals surface area contributed by atoms with Crippen LogP contribution in [0.2, 0.25) is 0 Å². The predicted molar refractivity (Wildman–Crippen MR) is 145 cm³/mol. The minimum atomic E-state index is -0.0518. The van der Waals surface area contributed by atoms with Gasteiger partial charge in [-0.1, -0.05) is 66.9 Å². The Morgan fingerprint density at radius 3 is 2.65 bits per heavy atom. The van der Waals surface area contributed by atoms with Crippen molar-refractivity contribution in [2.45, 2.75) is 30.5 Å². The molecule has 2 aromatic rings. The van der Waals surface area contributed by atoms with Gasteiger partial charge in [0.05, 0.1) is 24.2 Å². The smallest absolute Gasteiger partial charge is 0.239 e. The number of aliphatic hydroxyl groups is 1. The van der Waals surface area contributed by atoms with Crippen molar-refractivity contribution in [3.05, 3.63) is 60.2 Å². The number of rotatable bonds is 12. The Morgan fingerprint density at radius 1 is 1.18 bits per heavy atom. The number of aliphatic hydroxyl groups excluding tert-OH is 1. The first-order valence-electron chi connectivity index (χ1n) is 11.6. The highest BCUT2D eigenvalue weighted by Gasteiger charge is 2.29. The lowest BCUT2D eigenvalue weighted by Crippen LogP contribution is -2.40. The van der Waals surface area contributed by atoms with Gasteiger partial charge >= 0.3 is 0 Å². The number of nitrogens with zero attached hydrogens (tertiary/aromatic N) is 2. The summed E-state index contributed by atoms with van der Waals surface area (Å²) < 4.78 is 0. The summed E-state index contributed by atoms with van der Waals surface area (Å²) in [5, 5.41) is 12.3. The van der Waals surface area contributed by atoms with E-state index in [4.69, 9.17) is 0 Å². The van der Waals surface area contributed by atoms with Crippen molar-refractivity contribution in [3.63, 3.8) is 0 Å². The molecule has 0 aromatic heterocycles. The summed E-state index contributed by atoms with van der Waals surface area (Å²) in [4.78, 5) is 29.1. The molecule has 1 aliphatic heterocycles. The molecule has 2 N–H and O–H groups in total. The summed E-state index contributed by atoms with van der Waals surface area (Å²) in [5.74, 6) is 0.531. The normalized spacial score (nSPS) is 14.9. The molecule has 6 nitrogen and oxygen atoms in total. The molecular weight excluding hydrogens is 466 g/mol. The number of hydrogen-bond acceptors (Lipinski definition) is 7. The number of carbonyl (C=O) groups is 2. The first-order chi connectivity index (χ1) is 16.5. The molecule has 182 valence electrons. The summed E-state index contributed by atoms with van der Waals surface area (Å²) >= 11 is 2.95. The summed E-state index contributed by atoms with van der Waals surface area (Å²) in [6.45, 7) is 6.09. The molecule has 3 rings (SSSR count). The Kier molecular flexibility index (Phi) is 10.4. The number of nitrogens with one attached hydrogen (secondary N) is 1. The van der Waals surface area contributed by atoms with E-state index in [2.05, 4.69) is 64.5 Å². The summed E-state index contributed by atoms with van der Waals surface area (Å²) in [6, 6.07) is 16.5. The summed E-state index contributed by atoms with van der Waals surface area (Å²) in [7, 11) is 0. The molecule has 0 aliphatic carbocycles. The molecule has 8 heteroatoms. The highest BCUT2D eigenvalue weighted by atomic mass is 32.2. The zero-order valence-corrected chi connectivity index (χ0v) is 21.4. The quantitative estimate of drug-likeness (QED) is 0.423. The molecule has 0 spiro atoms. The van der Waals surface area contributed by atoms with Crippen LogP contribution in [0.5, 0.6) is 0 Å². The third kappa shape index (κ3) is 7.55. The largest absolute Gasteiger partial charge is 0.395 e. The second-order valence-electron chi connectivity index (χ2n) is 7.96. The molecule has 0 bridgehead atoms. The van der Waals surface area contributed by atoms with Gasteiger partial charge in [0.1, 0.15) is 0 Å². The van der Waals surface area contributed by atoms with Crippen molar-refractivity contribution in [1.29, 1.82) is 0 Å². The van der Waals surface area contributed by atoms with Gasteiger partial charge in [-0.15, -0.1) is 0 Å². The van der Waals surface area contributed by atoms with E-state index in [9.17, 15) is 14.7 Å². The number of thioether (sulfide) groups is 2. The van der Waals surface area contributed by atoms with Crippen molar-refractivity contribution in [1.82, 2.24) is 5.32 Å². The van der Waals surface area contributed by atoms with E-state index in [1.807, 2.05) is 18.2 Å². The van der Waals surface area contributed by atoms with Gasteiger partial charge < -0.3 is 20.2 Å². The maximum absolute atomic E-state index is 12.6. The molecular formula is C26H33N3O3S2. The Labute approximate surface area is 210 Å². The van der Waals surface area contributed by atoms with Crippen molar-refractivity contribution in [2.75, 3.05) is 48.3 Å². The lowest BCUT2D eigenvalue weighted by molar-refractivity contribution is -0.119. The van der Waals surface area contributed by atoms with Crippen LogP contribution in [0.15, 0.2) is 59.5 Å². The van der Waals surface area contributed by atoms with Crippen LogP contribution in [0.1, 0.15) is 25.8 Å². The fraction of sp³-hybridized carbons (Fsp3) is 0.385. The minimum absolute atomic E-state index is 0.0143. The molecule has 2 aromatic carbocycles. The van der Waals surface area contributed by atoms with E-state index in [0.29, 0.717) is 18.8 Å². The molecule has 1 unspecified atom stereocenters. The summed E-state index contributed by atoms with van der Waals surface area (Å²) in [6.07, 6.45) is 5.26. The van der Waals surface area contributed by atoms with Crippen LogP contribution >= 0.6 is 23.5 Å². The van der Waals surface area contributed by atoms with Gasteiger partial charge in [-0.25, -0.2) is 0 Å². The van der Waals surface area contributed by atoms with Gasteiger partial charge in [0.2, 0.25) is 5.91 Å². The topological polar surface area (TPSA) is 72.9 Å². The number of fused-ring (bicyclic) bond motifs is 1. The molecule has 0 radical (unpaired) electrons. The first kappa shape index (κ1) is 26.2. The van der Waals surface area contributed by atoms with Crippen molar-refractivity contribution < 1.29 is 14.7 Å². The number of benzene rings is 2. The van der Waals surface area contributed by atoms with Gasteiger partial charge in [0.25, 0.3) is 0 Å². The summed E-state index contributed by atoms with van der Waals surface area (Å²) in [5.41, 5.74) is 3.26. The first-order valence-corrected chi connectivity index (χ1v) is 13.4. The van der Waals surface area contributed by atoms with Gasteiger partial charge in [-0.05, 0) is 36.2 Å². The van der Waals surface area contributed by atoms with E-state index in [0.717, 1.165) is 34.8 Å². The number of hydrogen-bond donors (Lipinski definition) is 2. The zero-order valence-electron chi connectivity index (χ0n) is 19.8. The lowest BCUT2D eigenvalue weighted by atomic mass is 10.1. The number of carbonyl (C=O) groups excluding carboxylic acids is 2. The standard InChI is InChI=1S/C26H33N3O3S2/c1-3-15-28(16-17-30)22-11-8-21(9-12-22)10-13-26-29(23-6-4-5-7-24(23)34-26)19-25(32)27-14-18-33-20(2)31/h4-13,26,30H,3,14-19H2,1-2H3,(H,27,32)/b13-10+. The number of para-hydroxylation sites is 1. The SMILES string of the molecule is CCCN(CCO)c1ccc(/C=C/C2Sc3ccccc3N2CC(=O)NCCSC(C)=O)cc1. The van der Waals surface area contributed by atoms with E-state index >= 15 is 0 Å². The van der Waals surface area contributed by atoms with Crippen LogP contribution < -0.4 is 15.1 Å². The van der Waals surface area contributed by atoms with Crippen molar-refractivity contribution in [2.24, 2.45) is 0 Å². The number of amides is 1. The average molecular weight is 500 g/mol. The van der Waals surface area contributed by atoms with Crippen LogP contribution in [0.25, 0.3) is 6.08 Å². The van der Waals surface area contributed by atoms with Gasteiger partial charge in [-0.2, -0.15) is 0 Å². The van der Waals surface area contributed by atoms with Gasteiger partial charge in [-0.3, -0.25) is 9.59 Å². The van der Waals surface area contributed by atoms with E-state index in [-0.39, 0.29) is 29.5 Å². The average Bonchev–Trinajstić information content (AvgIpc) is 3.18. The minimum Gasteiger partial charge on any atom is -0.395 e. The van der Waals surface area contributed by atoms with Crippen LogP contribution in [-0.4, -0.2) is 60.0 Å². The predicted octanol–water partition coefficient (Wildman–Crippen LogP) is 4.24. The second-order valence-corrected chi connectivity index (χ2v) is 10.4. The third-order valence-electron chi connectivity index (χ3n) is 5.35. The molecule has 0 saturated carbocycles. The highest BCUT2D eigenvalue weighted by Crippen LogP contribution is 2.43. The fourth-order valence-corrected chi connectivity index (χ4v) is 5.48. The van der Waals surface area contributed by atoms with Crippen LogP contribution in [-0.2, 0) is 9.59 Å². The van der Waals surface area contributed by atoms with Crippen LogP contribution in [0.3, 0.4) is 0 Å². The second kappa shape index (κ2) is 13.5. The lowest BCUT2D eigenvalue weighted by Gasteiger charge is -2.24. The molecule has 1 atom stereocenters. The molecule has 0 saturated heterocycles. The highest BCUT2D eigenvalue weighted by molar-refractivity contribution is 8.13. The van der Waals surface area contributed by atoms with Gasteiger partial charge in [0.15, 0.2) is 5.12 Å². The van der Waals surface area contributed by atoms with Crippen molar-refractivity contribution in [3.8, 4) is 0 Å². The third-order valence-corrected chi connectivity index (χ3v) is 7.42. The Hall–Kier alpha value is -2.42. The Balaban J connectivity index is 1.66. The Bertz CT molecular complexity index is 976. The van der Waals surface area contributed by atoms with E-state index in [1.165, 1.54) is 18.7 Å². The van der Waals surface area contributed by atoms with Gasteiger partial charge in [0, 0.05) is 42.9 Å². The Morgan fingerprint density at radius 2 is 1.94 bits per heavy atom. The number of anilines is 2. The molecule has 1 amide bonds. The monoisotopic (exact) mass is 499 g/mol.